The van der Waals surface area contributed by atoms with Crippen LogP contribution in [0.4, 0.5) is 5.69 Å². The summed E-state index contributed by atoms with van der Waals surface area (Å²) in [6, 6.07) is 15.2. The smallest absolute Gasteiger partial charge is 0.259 e. The molecule has 0 N–H and O–H groups in total. The summed E-state index contributed by atoms with van der Waals surface area (Å²) in [5, 5.41) is 1.61. The van der Waals surface area contributed by atoms with E-state index in [2.05, 4.69) is 4.98 Å². The second-order valence-corrected chi connectivity index (χ2v) is 5.48. The zero-order valence-corrected chi connectivity index (χ0v) is 11.8. The van der Waals surface area contributed by atoms with E-state index in [-0.39, 0.29) is 5.91 Å². The Kier molecular flexibility index (Phi) is 2.69. The summed E-state index contributed by atoms with van der Waals surface area (Å²) in [6.45, 7) is 0.557. The van der Waals surface area contributed by atoms with Gasteiger partial charge in [0.15, 0.2) is 0 Å². The molecule has 0 fully saturated rings. The average molecular weight is 295 g/mol. The molecule has 21 heavy (non-hydrogen) atoms. The maximum absolute atomic E-state index is 12.6. The molecule has 3 aromatic rings. The molecule has 102 valence electrons. The number of para-hydroxylation sites is 1. The molecule has 1 aromatic heterocycles. The van der Waals surface area contributed by atoms with E-state index in [1.807, 2.05) is 42.5 Å². The first-order valence-electron chi connectivity index (χ1n) is 6.68. The molecule has 0 atom stereocenters. The lowest BCUT2D eigenvalue weighted by Gasteiger charge is -2.17. The van der Waals surface area contributed by atoms with Crippen LogP contribution in [0.15, 0.2) is 54.7 Å². The maximum atomic E-state index is 12.6. The van der Waals surface area contributed by atoms with Gasteiger partial charge in [-0.05, 0) is 29.8 Å². The number of carbonyl (C=O) groups excluding carboxylic acids is 1. The molecule has 0 spiro atoms. The van der Waals surface area contributed by atoms with E-state index in [4.69, 9.17) is 11.6 Å². The highest BCUT2D eigenvalue weighted by Gasteiger charge is 2.29. The van der Waals surface area contributed by atoms with Gasteiger partial charge in [0.1, 0.15) is 0 Å². The predicted octanol–water partition coefficient (Wildman–Crippen LogP) is 4.05. The van der Waals surface area contributed by atoms with E-state index >= 15 is 0 Å². The molecule has 4 heteroatoms. The van der Waals surface area contributed by atoms with Crippen LogP contribution in [-0.4, -0.2) is 10.9 Å². The van der Waals surface area contributed by atoms with Crippen molar-refractivity contribution in [2.75, 3.05) is 4.90 Å². The second-order valence-electron chi connectivity index (χ2n) is 5.05. The number of rotatable bonds is 1. The van der Waals surface area contributed by atoms with Crippen molar-refractivity contribution in [1.82, 2.24) is 4.98 Å². The van der Waals surface area contributed by atoms with Crippen molar-refractivity contribution < 1.29 is 4.79 Å². The highest BCUT2D eigenvalue weighted by atomic mass is 35.5. The fourth-order valence-electron chi connectivity index (χ4n) is 2.77. The molecular weight excluding hydrogens is 284 g/mol. The van der Waals surface area contributed by atoms with Gasteiger partial charge in [0.05, 0.1) is 17.7 Å². The highest BCUT2D eigenvalue weighted by molar-refractivity contribution is 6.31. The zero-order chi connectivity index (χ0) is 14.4. The Morgan fingerprint density at radius 2 is 1.95 bits per heavy atom. The third-order valence-electron chi connectivity index (χ3n) is 3.78. The molecule has 1 aliphatic heterocycles. The van der Waals surface area contributed by atoms with E-state index < -0.39 is 0 Å². The van der Waals surface area contributed by atoms with Crippen LogP contribution in [0.2, 0.25) is 5.02 Å². The number of benzene rings is 2. The Morgan fingerprint density at radius 1 is 1.10 bits per heavy atom. The van der Waals surface area contributed by atoms with Gasteiger partial charge in [-0.15, -0.1) is 0 Å². The minimum absolute atomic E-state index is 0.0225. The summed E-state index contributed by atoms with van der Waals surface area (Å²) in [5.41, 5.74) is 3.35. The van der Waals surface area contributed by atoms with Crippen LogP contribution in [0.3, 0.4) is 0 Å². The monoisotopic (exact) mass is 294 g/mol. The van der Waals surface area contributed by atoms with Crippen molar-refractivity contribution in [3.63, 3.8) is 0 Å². The Bertz CT molecular complexity index is 870. The molecule has 1 amide bonds. The van der Waals surface area contributed by atoms with Gasteiger partial charge in [0, 0.05) is 22.2 Å². The van der Waals surface area contributed by atoms with Gasteiger partial charge in [-0.3, -0.25) is 9.78 Å². The number of pyridine rings is 1. The molecular formula is C17H11ClN2O. The quantitative estimate of drug-likeness (QED) is 0.678. The fourth-order valence-corrected chi connectivity index (χ4v) is 2.95. The molecule has 0 radical (unpaired) electrons. The number of anilines is 1. The third kappa shape index (κ3) is 1.89. The molecule has 0 saturated carbocycles. The van der Waals surface area contributed by atoms with Gasteiger partial charge in [-0.2, -0.15) is 0 Å². The standard InChI is InChI=1S/C17H11ClN2O/c18-13-7-6-12-10-20(17(21)14(12)9-13)15-5-1-3-11-4-2-8-19-16(11)15/h1-9H,10H2. The summed E-state index contributed by atoms with van der Waals surface area (Å²) in [4.78, 5) is 18.8. The van der Waals surface area contributed by atoms with Gasteiger partial charge in [-0.25, -0.2) is 0 Å². The highest BCUT2D eigenvalue weighted by Crippen LogP contribution is 2.33. The van der Waals surface area contributed by atoms with Crippen molar-refractivity contribution in [2.45, 2.75) is 6.54 Å². The van der Waals surface area contributed by atoms with Crippen molar-refractivity contribution >= 4 is 34.1 Å². The number of aromatic nitrogens is 1. The van der Waals surface area contributed by atoms with Crippen LogP contribution in [0, 0.1) is 0 Å². The van der Waals surface area contributed by atoms with Crippen LogP contribution in [0.1, 0.15) is 15.9 Å². The Labute approximate surface area is 126 Å². The summed E-state index contributed by atoms with van der Waals surface area (Å²) in [7, 11) is 0. The van der Waals surface area contributed by atoms with Crippen molar-refractivity contribution in [1.29, 1.82) is 0 Å². The minimum atomic E-state index is -0.0225. The van der Waals surface area contributed by atoms with E-state index in [0.717, 1.165) is 22.2 Å². The lowest BCUT2D eigenvalue weighted by atomic mass is 10.1. The van der Waals surface area contributed by atoms with Gasteiger partial charge >= 0.3 is 0 Å². The SMILES string of the molecule is O=C1c2cc(Cl)ccc2CN1c1cccc2cccnc12. The van der Waals surface area contributed by atoms with Gasteiger partial charge in [0.2, 0.25) is 0 Å². The maximum Gasteiger partial charge on any atom is 0.259 e. The molecule has 3 nitrogen and oxygen atoms in total. The first kappa shape index (κ1) is 12.4. The fraction of sp³-hybridized carbons (Fsp3) is 0.0588. The normalized spacial score (nSPS) is 13.8. The zero-order valence-electron chi connectivity index (χ0n) is 11.1. The van der Waals surface area contributed by atoms with Crippen LogP contribution in [0.25, 0.3) is 10.9 Å². The van der Waals surface area contributed by atoms with Crippen molar-refractivity contribution in [3.8, 4) is 0 Å². The van der Waals surface area contributed by atoms with Crippen LogP contribution >= 0.6 is 11.6 Å². The van der Waals surface area contributed by atoms with E-state index in [1.165, 1.54) is 0 Å². The summed E-state index contributed by atoms with van der Waals surface area (Å²) in [6.07, 6.45) is 1.75. The predicted molar refractivity (Wildman–Crippen MR) is 83.7 cm³/mol. The number of nitrogens with zero attached hydrogens (tertiary/aromatic N) is 2. The minimum Gasteiger partial charge on any atom is -0.302 e. The second kappa shape index (κ2) is 4.57. The molecule has 0 saturated heterocycles. The first-order chi connectivity index (χ1) is 10.2. The lowest BCUT2D eigenvalue weighted by Crippen LogP contribution is -2.23. The van der Waals surface area contributed by atoms with Gasteiger partial charge < -0.3 is 4.90 Å². The van der Waals surface area contributed by atoms with E-state index in [9.17, 15) is 4.79 Å². The van der Waals surface area contributed by atoms with Crippen LogP contribution < -0.4 is 4.90 Å². The Morgan fingerprint density at radius 3 is 2.86 bits per heavy atom. The summed E-state index contributed by atoms with van der Waals surface area (Å²) < 4.78 is 0. The number of hydrogen-bond acceptors (Lipinski definition) is 2. The summed E-state index contributed by atoms with van der Waals surface area (Å²) in [5.74, 6) is -0.0225. The topological polar surface area (TPSA) is 33.2 Å². The average Bonchev–Trinajstić information content (AvgIpc) is 2.83. The van der Waals surface area contributed by atoms with Gasteiger partial charge in [0.25, 0.3) is 5.91 Å². The number of halogens is 1. The first-order valence-corrected chi connectivity index (χ1v) is 7.06. The van der Waals surface area contributed by atoms with E-state index in [0.29, 0.717) is 17.1 Å². The Hall–Kier alpha value is -2.39. The van der Waals surface area contributed by atoms with Crippen LogP contribution in [0.5, 0.6) is 0 Å². The van der Waals surface area contributed by atoms with Crippen molar-refractivity contribution in [3.05, 3.63) is 70.9 Å². The largest absolute Gasteiger partial charge is 0.302 e. The number of carbonyl (C=O) groups is 1. The van der Waals surface area contributed by atoms with Crippen molar-refractivity contribution in [2.24, 2.45) is 0 Å². The van der Waals surface area contributed by atoms with E-state index in [1.54, 1.807) is 17.2 Å². The number of hydrogen-bond donors (Lipinski definition) is 0. The molecule has 1 aliphatic rings. The lowest BCUT2D eigenvalue weighted by molar-refractivity contribution is 0.0997. The van der Waals surface area contributed by atoms with Gasteiger partial charge in [-0.1, -0.05) is 35.9 Å². The molecule has 0 bridgehead atoms. The number of amides is 1. The molecule has 2 heterocycles. The Balaban J connectivity index is 1.87. The molecule has 4 rings (SSSR count). The molecule has 0 aliphatic carbocycles. The molecule has 0 unspecified atom stereocenters. The molecule has 2 aromatic carbocycles. The van der Waals surface area contributed by atoms with Crippen LogP contribution in [-0.2, 0) is 6.54 Å². The number of fused-ring (bicyclic) bond motifs is 2. The third-order valence-corrected chi connectivity index (χ3v) is 4.01. The summed E-state index contributed by atoms with van der Waals surface area (Å²) >= 11 is 5.99.